The lowest BCUT2D eigenvalue weighted by molar-refractivity contribution is -0.131. The number of carbonyl (C=O) groups is 2. The molecule has 96 valence electrons. The van der Waals surface area contributed by atoms with E-state index in [0.717, 1.165) is 19.4 Å². The highest BCUT2D eigenvalue weighted by atomic mass is 16.2. The third-order valence-corrected chi connectivity index (χ3v) is 3.53. The van der Waals surface area contributed by atoms with Crippen molar-refractivity contribution in [3.05, 3.63) is 0 Å². The van der Waals surface area contributed by atoms with Gasteiger partial charge in [0.1, 0.15) is 6.04 Å². The van der Waals surface area contributed by atoms with Gasteiger partial charge in [-0.3, -0.25) is 9.59 Å². The highest BCUT2D eigenvalue weighted by molar-refractivity contribution is 5.88. The largest absolute Gasteiger partial charge is 0.352 e. The van der Waals surface area contributed by atoms with Crippen LogP contribution in [0.2, 0.25) is 0 Å². The molecule has 2 rings (SSSR count). The van der Waals surface area contributed by atoms with E-state index in [1.807, 2.05) is 0 Å². The maximum Gasteiger partial charge on any atom is 0.242 e. The van der Waals surface area contributed by atoms with Crippen LogP contribution in [0.25, 0.3) is 0 Å². The Morgan fingerprint density at radius 1 is 1.29 bits per heavy atom. The highest BCUT2D eigenvalue weighted by Crippen LogP contribution is 2.19. The van der Waals surface area contributed by atoms with Gasteiger partial charge in [-0.05, 0) is 32.2 Å². The van der Waals surface area contributed by atoms with Crippen molar-refractivity contribution in [2.75, 3.05) is 13.1 Å². The molecule has 0 bridgehead atoms. The molecule has 0 aromatic heterocycles. The van der Waals surface area contributed by atoms with Gasteiger partial charge in [-0.1, -0.05) is 6.92 Å². The summed E-state index contributed by atoms with van der Waals surface area (Å²) in [4.78, 5) is 23.6. The van der Waals surface area contributed by atoms with Crippen molar-refractivity contribution in [3.63, 3.8) is 0 Å². The third-order valence-electron chi connectivity index (χ3n) is 3.53. The zero-order valence-electron chi connectivity index (χ0n) is 10.5. The number of rotatable bonds is 4. The van der Waals surface area contributed by atoms with E-state index in [0.29, 0.717) is 18.5 Å². The molecule has 0 aromatic carbocycles. The Morgan fingerprint density at radius 2 is 2.00 bits per heavy atom. The predicted octanol–water partition coefficient (Wildman–Crippen LogP) is -0.375. The van der Waals surface area contributed by atoms with Gasteiger partial charge in [-0.15, -0.1) is 0 Å². The molecule has 17 heavy (non-hydrogen) atoms. The molecule has 1 unspecified atom stereocenters. The summed E-state index contributed by atoms with van der Waals surface area (Å²) in [6, 6.07) is -0.0928. The van der Waals surface area contributed by atoms with Crippen LogP contribution in [0.4, 0.5) is 0 Å². The summed E-state index contributed by atoms with van der Waals surface area (Å²) in [5.74, 6) is 0.250. The van der Waals surface area contributed by atoms with Crippen LogP contribution in [-0.4, -0.2) is 37.0 Å². The van der Waals surface area contributed by atoms with Gasteiger partial charge in [0.15, 0.2) is 0 Å². The lowest BCUT2D eigenvalue weighted by atomic mass is 9.97. The minimum absolute atomic E-state index is 0.00817. The molecule has 0 spiro atoms. The highest BCUT2D eigenvalue weighted by Gasteiger charge is 2.32. The Kier molecular flexibility index (Phi) is 3.66. The van der Waals surface area contributed by atoms with E-state index in [-0.39, 0.29) is 17.7 Å². The summed E-state index contributed by atoms with van der Waals surface area (Å²) >= 11 is 0. The van der Waals surface area contributed by atoms with Gasteiger partial charge in [0, 0.05) is 12.6 Å². The van der Waals surface area contributed by atoms with Gasteiger partial charge in [0.25, 0.3) is 0 Å². The van der Waals surface area contributed by atoms with Crippen LogP contribution < -0.4 is 16.0 Å². The molecule has 1 aliphatic heterocycles. The van der Waals surface area contributed by atoms with Crippen LogP contribution in [-0.2, 0) is 9.59 Å². The quantitative estimate of drug-likeness (QED) is 0.626. The van der Waals surface area contributed by atoms with Crippen molar-refractivity contribution in [2.24, 2.45) is 11.8 Å². The van der Waals surface area contributed by atoms with Crippen LogP contribution in [0.3, 0.4) is 0 Å². The molecule has 2 fully saturated rings. The van der Waals surface area contributed by atoms with Crippen molar-refractivity contribution in [3.8, 4) is 0 Å². The minimum Gasteiger partial charge on any atom is -0.352 e. The van der Waals surface area contributed by atoms with Crippen LogP contribution in [0.5, 0.6) is 0 Å². The average molecular weight is 239 g/mol. The van der Waals surface area contributed by atoms with Crippen molar-refractivity contribution in [1.29, 1.82) is 0 Å². The predicted molar refractivity (Wildman–Crippen MR) is 64.3 cm³/mol. The Balaban J connectivity index is 1.78. The lowest BCUT2D eigenvalue weighted by Gasteiger charge is -2.18. The van der Waals surface area contributed by atoms with Gasteiger partial charge < -0.3 is 16.0 Å². The molecule has 3 N–H and O–H groups in total. The second-order valence-corrected chi connectivity index (χ2v) is 5.26. The van der Waals surface area contributed by atoms with E-state index in [1.54, 1.807) is 6.92 Å². The molecular formula is C12H21N3O2. The van der Waals surface area contributed by atoms with Crippen molar-refractivity contribution < 1.29 is 9.59 Å². The van der Waals surface area contributed by atoms with E-state index in [2.05, 4.69) is 22.9 Å². The van der Waals surface area contributed by atoms with E-state index in [4.69, 9.17) is 0 Å². The molecule has 1 aliphatic carbocycles. The molecule has 1 saturated carbocycles. The normalized spacial score (nSPS) is 29.8. The Hall–Kier alpha value is -1.10. The van der Waals surface area contributed by atoms with Gasteiger partial charge in [0.05, 0.1) is 5.92 Å². The average Bonchev–Trinajstić information content (AvgIpc) is 2.98. The van der Waals surface area contributed by atoms with Gasteiger partial charge in [0.2, 0.25) is 11.8 Å². The summed E-state index contributed by atoms with van der Waals surface area (Å²) < 4.78 is 0. The van der Waals surface area contributed by atoms with Crippen LogP contribution in [0.1, 0.15) is 26.7 Å². The number of carbonyl (C=O) groups excluding carboxylic acids is 2. The minimum atomic E-state index is -0.434. The first-order chi connectivity index (χ1) is 8.08. The second kappa shape index (κ2) is 5.04. The number of amides is 2. The molecule has 5 heteroatoms. The summed E-state index contributed by atoms with van der Waals surface area (Å²) in [5, 5.41) is 8.87. The zero-order valence-corrected chi connectivity index (χ0v) is 10.5. The Morgan fingerprint density at radius 3 is 2.53 bits per heavy atom. The molecule has 1 heterocycles. The molecule has 0 radical (unpaired) electrons. The first-order valence-corrected chi connectivity index (χ1v) is 6.39. The van der Waals surface area contributed by atoms with Crippen LogP contribution in [0, 0.1) is 11.8 Å². The molecular weight excluding hydrogens is 218 g/mol. The molecule has 5 nitrogen and oxygen atoms in total. The first kappa shape index (κ1) is 12.4. The number of hydrogen-bond acceptors (Lipinski definition) is 3. The maximum absolute atomic E-state index is 11.9. The number of hydrogen-bond donors (Lipinski definition) is 3. The SMILES string of the molecule is CC(NC(=O)[C@@H]1CNC[C@H]1C)C(=O)NC1CC1. The van der Waals surface area contributed by atoms with Crippen molar-refractivity contribution >= 4 is 11.8 Å². The Labute approximate surface area is 102 Å². The smallest absolute Gasteiger partial charge is 0.242 e. The Bertz CT molecular complexity index is 315. The first-order valence-electron chi connectivity index (χ1n) is 6.39. The summed E-state index contributed by atoms with van der Waals surface area (Å²) in [6.07, 6.45) is 2.13. The fraction of sp³-hybridized carbons (Fsp3) is 0.833. The van der Waals surface area contributed by atoms with Crippen molar-refractivity contribution in [1.82, 2.24) is 16.0 Å². The van der Waals surface area contributed by atoms with Gasteiger partial charge in [-0.25, -0.2) is 0 Å². The topological polar surface area (TPSA) is 70.2 Å². The summed E-state index contributed by atoms with van der Waals surface area (Å²) in [7, 11) is 0. The number of nitrogens with one attached hydrogen (secondary N) is 3. The molecule has 2 amide bonds. The van der Waals surface area contributed by atoms with E-state index >= 15 is 0 Å². The van der Waals surface area contributed by atoms with E-state index < -0.39 is 6.04 Å². The molecule has 0 aromatic rings. The third kappa shape index (κ3) is 3.19. The van der Waals surface area contributed by atoms with Gasteiger partial charge >= 0.3 is 0 Å². The molecule has 3 atom stereocenters. The summed E-state index contributed by atoms with van der Waals surface area (Å²) in [6.45, 7) is 5.38. The summed E-state index contributed by atoms with van der Waals surface area (Å²) in [5.41, 5.74) is 0. The standard InChI is InChI=1S/C12H21N3O2/c1-7-5-13-6-10(7)12(17)14-8(2)11(16)15-9-3-4-9/h7-10,13H,3-6H2,1-2H3,(H,14,17)(H,15,16)/t7-,8?,10-/m1/s1. The van der Waals surface area contributed by atoms with Crippen LogP contribution in [0.15, 0.2) is 0 Å². The zero-order chi connectivity index (χ0) is 12.4. The second-order valence-electron chi connectivity index (χ2n) is 5.26. The fourth-order valence-electron chi connectivity index (χ4n) is 2.10. The fourth-order valence-corrected chi connectivity index (χ4v) is 2.10. The lowest BCUT2D eigenvalue weighted by Crippen LogP contribution is -2.48. The maximum atomic E-state index is 11.9. The van der Waals surface area contributed by atoms with Crippen molar-refractivity contribution in [2.45, 2.75) is 38.8 Å². The molecule has 1 saturated heterocycles. The van der Waals surface area contributed by atoms with E-state index in [9.17, 15) is 9.59 Å². The molecule has 2 aliphatic rings. The monoisotopic (exact) mass is 239 g/mol. The van der Waals surface area contributed by atoms with Crippen LogP contribution >= 0.6 is 0 Å². The van der Waals surface area contributed by atoms with E-state index in [1.165, 1.54) is 0 Å². The van der Waals surface area contributed by atoms with Gasteiger partial charge in [-0.2, -0.15) is 0 Å².